The van der Waals surface area contributed by atoms with E-state index in [1.54, 1.807) is 11.3 Å². The van der Waals surface area contributed by atoms with Crippen LogP contribution in [-0.2, 0) is 0 Å². The summed E-state index contributed by atoms with van der Waals surface area (Å²) < 4.78 is 0. The van der Waals surface area contributed by atoms with Crippen LogP contribution >= 0.6 is 11.3 Å². The predicted octanol–water partition coefficient (Wildman–Crippen LogP) is 1.68. The summed E-state index contributed by atoms with van der Waals surface area (Å²) in [4.78, 5) is 16.7. The van der Waals surface area contributed by atoms with Gasteiger partial charge in [0, 0.05) is 11.3 Å². The molecule has 0 aliphatic heterocycles. The number of carbonyl (C=O) groups is 1. The third-order valence-electron chi connectivity index (χ3n) is 1.78. The number of ketones is 1. The van der Waals surface area contributed by atoms with E-state index < -0.39 is 0 Å². The first-order valence-electron chi connectivity index (χ1n) is 4.32. The van der Waals surface area contributed by atoms with E-state index >= 15 is 0 Å². The highest BCUT2D eigenvalue weighted by Crippen LogP contribution is 2.17. The summed E-state index contributed by atoms with van der Waals surface area (Å²) in [6.45, 7) is 4.41. The van der Waals surface area contributed by atoms with Crippen molar-refractivity contribution in [3.8, 4) is 0 Å². The molecule has 1 rings (SSSR count). The highest BCUT2D eigenvalue weighted by Gasteiger charge is 2.12. The van der Waals surface area contributed by atoms with Crippen LogP contribution in [0.5, 0.6) is 0 Å². The molecule has 4 heteroatoms. The Bertz CT molecular complexity index is 307. The van der Waals surface area contributed by atoms with Crippen molar-refractivity contribution in [3.05, 3.63) is 15.6 Å². The smallest absolute Gasteiger partial charge is 0.182 e. The van der Waals surface area contributed by atoms with Crippen molar-refractivity contribution < 1.29 is 4.79 Å². The number of hydrogen-bond acceptors (Lipinski definition) is 4. The third-order valence-corrected chi connectivity index (χ3v) is 2.66. The van der Waals surface area contributed by atoms with E-state index in [-0.39, 0.29) is 5.78 Å². The van der Waals surface area contributed by atoms with Crippen molar-refractivity contribution in [2.24, 2.45) is 5.73 Å². The predicted molar refractivity (Wildman–Crippen MR) is 54.2 cm³/mol. The molecule has 0 unspecified atom stereocenters. The van der Waals surface area contributed by atoms with E-state index in [0.717, 1.165) is 16.3 Å². The molecular formula is C9H14N2OS. The van der Waals surface area contributed by atoms with E-state index in [1.165, 1.54) is 0 Å². The van der Waals surface area contributed by atoms with Crippen molar-refractivity contribution >= 4 is 17.1 Å². The fourth-order valence-electron chi connectivity index (χ4n) is 1.17. The van der Waals surface area contributed by atoms with Gasteiger partial charge >= 0.3 is 0 Å². The fraction of sp³-hybridized carbons (Fsp3) is 0.556. The summed E-state index contributed by atoms with van der Waals surface area (Å²) in [6.07, 6.45) is 1.26. The number of nitrogens with two attached hydrogens (primary N) is 1. The molecule has 0 aliphatic rings. The molecule has 0 spiro atoms. The van der Waals surface area contributed by atoms with E-state index in [4.69, 9.17) is 5.73 Å². The highest BCUT2D eigenvalue weighted by molar-refractivity contribution is 7.11. The number of Topliss-reactive ketones (excluding diaryl/α,β-unsaturated/α-hetero) is 1. The van der Waals surface area contributed by atoms with Crippen LogP contribution in [0.4, 0.5) is 0 Å². The molecule has 0 aliphatic carbocycles. The molecule has 0 saturated carbocycles. The topological polar surface area (TPSA) is 56.0 Å². The zero-order valence-electron chi connectivity index (χ0n) is 7.96. The molecule has 0 fully saturated rings. The number of rotatable bonds is 4. The first-order chi connectivity index (χ1) is 6.15. The molecule has 0 amide bonds. The van der Waals surface area contributed by atoms with E-state index in [9.17, 15) is 4.79 Å². The average Bonchev–Trinajstić information content (AvgIpc) is 2.41. The van der Waals surface area contributed by atoms with Gasteiger partial charge in [-0.05, 0) is 26.8 Å². The van der Waals surface area contributed by atoms with Gasteiger partial charge in [-0.3, -0.25) is 4.79 Å². The Labute approximate surface area is 82.0 Å². The molecule has 1 aromatic rings. The minimum Gasteiger partial charge on any atom is -0.330 e. The molecule has 1 heterocycles. The first-order valence-corrected chi connectivity index (χ1v) is 5.14. The lowest BCUT2D eigenvalue weighted by Gasteiger charge is -1.95. The lowest BCUT2D eigenvalue weighted by Crippen LogP contribution is -2.06. The van der Waals surface area contributed by atoms with Crippen LogP contribution in [0.25, 0.3) is 0 Å². The standard InChI is InChI=1S/C9H14N2OS/c1-6-9(11-7(2)13-6)8(12)4-3-5-10/h3-5,10H2,1-2H3. The quantitative estimate of drug-likeness (QED) is 0.749. The van der Waals surface area contributed by atoms with Gasteiger partial charge in [-0.1, -0.05) is 0 Å². The lowest BCUT2D eigenvalue weighted by molar-refractivity contribution is 0.0976. The van der Waals surface area contributed by atoms with E-state index in [0.29, 0.717) is 18.7 Å². The van der Waals surface area contributed by atoms with Crippen molar-refractivity contribution in [1.29, 1.82) is 0 Å². The van der Waals surface area contributed by atoms with Crippen molar-refractivity contribution in [1.82, 2.24) is 4.98 Å². The second-order valence-corrected chi connectivity index (χ2v) is 4.36. The Balaban J connectivity index is 2.70. The minimum absolute atomic E-state index is 0.118. The van der Waals surface area contributed by atoms with Gasteiger partial charge < -0.3 is 5.73 Å². The number of aromatic nitrogens is 1. The Hall–Kier alpha value is -0.740. The van der Waals surface area contributed by atoms with Crippen LogP contribution in [0.2, 0.25) is 0 Å². The maximum Gasteiger partial charge on any atom is 0.182 e. The number of thiazole rings is 1. The van der Waals surface area contributed by atoms with E-state index in [2.05, 4.69) is 4.98 Å². The minimum atomic E-state index is 0.118. The second kappa shape index (κ2) is 4.48. The molecular weight excluding hydrogens is 184 g/mol. The molecule has 0 bridgehead atoms. The Kier molecular flexibility index (Phi) is 3.57. The maximum atomic E-state index is 11.5. The Morgan fingerprint density at radius 3 is 2.69 bits per heavy atom. The Morgan fingerprint density at radius 2 is 2.23 bits per heavy atom. The lowest BCUT2D eigenvalue weighted by atomic mass is 10.1. The van der Waals surface area contributed by atoms with Crippen molar-refractivity contribution in [2.75, 3.05) is 6.54 Å². The Morgan fingerprint density at radius 1 is 1.54 bits per heavy atom. The summed E-state index contributed by atoms with van der Waals surface area (Å²) in [5.41, 5.74) is 5.96. The maximum absolute atomic E-state index is 11.5. The van der Waals surface area contributed by atoms with Gasteiger partial charge in [0.25, 0.3) is 0 Å². The molecule has 3 nitrogen and oxygen atoms in total. The SMILES string of the molecule is Cc1nc(C(=O)CCCN)c(C)s1. The molecule has 0 radical (unpaired) electrons. The molecule has 1 aromatic heterocycles. The van der Waals surface area contributed by atoms with Crippen LogP contribution in [0.1, 0.15) is 33.2 Å². The van der Waals surface area contributed by atoms with Gasteiger partial charge in [0.05, 0.1) is 5.01 Å². The van der Waals surface area contributed by atoms with Crippen LogP contribution < -0.4 is 5.73 Å². The van der Waals surface area contributed by atoms with Gasteiger partial charge in [0.15, 0.2) is 5.78 Å². The van der Waals surface area contributed by atoms with Gasteiger partial charge in [-0.15, -0.1) is 11.3 Å². The van der Waals surface area contributed by atoms with Crippen molar-refractivity contribution in [3.63, 3.8) is 0 Å². The van der Waals surface area contributed by atoms with Gasteiger partial charge in [0.1, 0.15) is 5.69 Å². The summed E-state index contributed by atoms with van der Waals surface area (Å²) in [5, 5.41) is 0.952. The van der Waals surface area contributed by atoms with Crippen LogP contribution in [0.15, 0.2) is 0 Å². The fourth-order valence-corrected chi connectivity index (χ4v) is 2.00. The van der Waals surface area contributed by atoms with Gasteiger partial charge in [-0.2, -0.15) is 0 Å². The molecule has 0 atom stereocenters. The molecule has 2 N–H and O–H groups in total. The summed E-state index contributed by atoms with van der Waals surface area (Å²) in [6, 6.07) is 0. The zero-order chi connectivity index (χ0) is 9.84. The second-order valence-electron chi connectivity index (χ2n) is 2.95. The summed E-state index contributed by atoms with van der Waals surface area (Å²) in [7, 11) is 0. The largest absolute Gasteiger partial charge is 0.330 e. The monoisotopic (exact) mass is 198 g/mol. The normalized spacial score (nSPS) is 10.4. The summed E-state index contributed by atoms with van der Waals surface area (Å²) in [5.74, 6) is 0.118. The number of hydrogen-bond donors (Lipinski definition) is 1. The molecule has 0 saturated heterocycles. The van der Waals surface area contributed by atoms with Gasteiger partial charge in [-0.25, -0.2) is 4.98 Å². The molecule has 0 aromatic carbocycles. The first kappa shape index (κ1) is 10.3. The van der Waals surface area contributed by atoms with Crippen LogP contribution in [0, 0.1) is 13.8 Å². The third kappa shape index (κ3) is 2.60. The zero-order valence-corrected chi connectivity index (χ0v) is 8.78. The molecule has 13 heavy (non-hydrogen) atoms. The van der Waals surface area contributed by atoms with Crippen LogP contribution in [-0.4, -0.2) is 17.3 Å². The van der Waals surface area contributed by atoms with E-state index in [1.807, 2.05) is 13.8 Å². The van der Waals surface area contributed by atoms with Crippen molar-refractivity contribution in [2.45, 2.75) is 26.7 Å². The number of nitrogens with zero attached hydrogens (tertiary/aromatic N) is 1. The average molecular weight is 198 g/mol. The van der Waals surface area contributed by atoms with Gasteiger partial charge in [0.2, 0.25) is 0 Å². The summed E-state index contributed by atoms with van der Waals surface area (Å²) >= 11 is 1.57. The number of carbonyl (C=O) groups excluding carboxylic acids is 1. The van der Waals surface area contributed by atoms with Crippen LogP contribution in [0.3, 0.4) is 0 Å². The molecule has 72 valence electrons. The highest BCUT2D eigenvalue weighted by atomic mass is 32.1. The number of aryl methyl sites for hydroxylation is 2.